The van der Waals surface area contributed by atoms with E-state index in [1.807, 2.05) is 42.5 Å². The largest absolute Gasteiger partial charge is 0.444 e. The number of fused-ring (bicyclic) bond motifs is 2. The number of carbonyl (C=O) groups excluding carboxylic acids is 3. The molecule has 5 rings (SSSR count). The highest BCUT2D eigenvalue weighted by Crippen LogP contribution is 2.47. The van der Waals surface area contributed by atoms with Crippen LogP contribution < -0.4 is 4.90 Å². The molecule has 2 aromatic carbocycles. The second kappa shape index (κ2) is 8.89. The van der Waals surface area contributed by atoms with E-state index >= 15 is 0 Å². The van der Waals surface area contributed by atoms with Gasteiger partial charge in [-0.15, -0.1) is 0 Å². The summed E-state index contributed by atoms with van der Waals surface area (Å²) in [5, 5.41) is 0. The van der Waals surface area contributed by atoms with Gasteiger partial charge in [-0.1, -0.05) is 74.6 Å². The van der Waals surface area contributed by atoms with Crippen LogP contribution in [0.5, 0.6) is 0 Å². The Balaban J connectivity index is 1.49. The molecular formula is C27H29NO4. The zero-order valence-corrected chi connectivity index (χ0v) is 18.2. The van der Waals surface area contributed by atoms with E-state index in [-0.39, 0.29) is 36.4 Å². The van der Waals surface area contributed by atoms with Gasteiger partial charge < -0.3 is 4.74 Å². The van der Waals surface area contributed by atoms with Gasteiger partial charge in [0.1, 0.15) is 12.4 Å². The highest BCUT2D eigenvalue weighted by molar-refractivity contribution is 6.10. The van der Waals surface area contributed by atoms with Crippen LogP contribution in [-0.4, -0.2) is 23.7 Å². The second-order valence-electron chi connectivity index (χ2n) is 9.39. The quantitative estimate of drug-likeness (QED) is 0.637. The Morgan fingerprint density at radius 3 is 2.41 bits per heavy atom. The molecule has 0 aromatic heterocycles. The van der Waals surface area contributed by atoms with E-state index in [1.165, 1.54) is 6.42 Å². The molecule has 2 saturated carbocycles. The molecule has 1 aliphatic heterocycles. The van der Waals surface area contributed by atoms with Crippen molar-refractivity contribution in [3.8, 4) is 0 Å². The first-order chi connectivity index (χ1) is 15.6. The lowest BCUT2D eigenvalue weighted by molar-refractivity contribution is -0.123. The maximum atomic E-state index is 13.7. The Kier molecular flexibility index (Phi) is 5.81. The third-order valence-electron chi connectivity index (χ3n) is 7.50. The lowest BCUT2D eigenvalue weighted by Crippen LogP contribution is -2.57. The monoisotopic (exact) mass is 431 g/mol. The fourth-order valence-corrected chi connectivity index (χ4v) is 6.03. The molecule has 2 aliphatic carbocycles. The van der Waals surface area contributed by atoms with E-state index in [2.05, 4.69) is 0 Å². The number of hydrogen-bond donors (Lipinski definition) is 0. The smallest absolute Gasteiger partial charge is 0.414 e. The number of ether oxygens (including phenoxy) is 1. The second-order valence-corrected chi connectivity index (χ2v) is 9.39. The van der Waals surface area contributed by atoms with E-state index in [4.69, 9.17) is 4.74 Å². The molecule has 3 aliphatic rings. The number of carbonyl (C=O) groups is 3. The summed E-state index contributed by atoms with van der Waals surface area (Å²) in [4.78, 5) is 41.5. The van der Waals surface area contributed by atoms with Crippen molar-refractivity contribution in [3.05, 3.63) is 65.7 Å². The molecule has 2 aromatic rings. The van der Waals surface area contributed by atoms with Gasteiger partial charge in [-0.25, -0.2) is 4.79 Å². The molecule has 5 heteroatoms. The van der Waals surface area contributed by atoms with Gasteiger partial charge in [-0.05, 0) is 29.5 Å². The van der Waals surface area contributed by atoms with Crippen LogP contribution in [0.3, 0.4) is 0 Å². The Bertz CT molecular complexity index is 1010. The van der Waals surface area contributed by atoms with Gasteiger partial charge in [-0.3, -0.25) is 14.5 Å². The van der Waals surface area contributed by atoms with Gasteiger partial charge in [0.2, 0.25) is 0 Å². The number of Topliss-reactive ketones (excluding diaryl/α,β-unsaturated/α-hetero) is 2. The van der Waals surface area contributed by atoms with Crippen molar-refractivity contribution in [2.45, 2.75) is 57.6 Å². The van der Waals surface area contributed by atoms with E-state index < -0.39 is 12.1 Å². The maximum absolute atomic E-state index is 13.7. The summed E-state index contributed by atoms with van der Waals surface area (Å²) in [6.07, 6.45) is 5.84. The molecule has 2 fully saturated rings. The average Bonchev–Trinajstić information content (AvgIpc) is 2.83. The number of hydrogen-bond acceptors (Lipinski definition) is 4. The summed E-state index contributed by atoms with van der Waals surface area (Å²) in [7, 11) is 0. The van der Waals surface area contributed by atoms with Crippen LogP contribution >= 0.6 is 0 Å². The minimum atomic E-state index is -0.485. The molecule has 166 valence electrons. The summed E-state index contributed by atoms with van der Waals surface area (Å²) >= 11 is 0. The van der Waals surface area contributed by atoms with Crippen molar-refractivity contribution >= 4 is 23.3 Å². The highest BCUT2D eigenvalue weighted by Gasteiger charge is 2.52. The molecule has 32 heavy (non-hydrogen) atoms. The molecule has 0 N–H and O–H groups in total. The molecule has 1 amide bonds. The zero-order valence-electron chi connectivity index (χ0n) is 18.2. The Morgan fingerprint density at radius 1 is 0.906 bits per heavy atom. The third kappa shape index (κ3) is 3.85. The molecule has 0 bridgehead atoms. The number of benzene rings is 2. The molecule has 0 unspecified atom stereocenters. The summed E-state index contributed by atoms with van der Waals surface area (Å²) in [6, 6.07) is 16.4. The Morgan fingerprint density at radius 2 is 1.62 bits per heavy atom. The lowest BCUT2D eigenvalue weighted by atomic mass is 9.62. The van der Waals surface area contributed by atoms with Crippen molar-refractivity contribution in [2.75, 3.05) is 4.90 Å². The van der Waals surface area contributed by atoms with Gasteiger partial charge in [-0.2, -0.15) is 0 Å². The van der Waals surface area contributed by atoms with Crippen LogP contribution in [0.25, 0.3) is 0 Å². The minimum Gasteiger partial charge on any atom is -0.444 e. The fourth-order valence-electron chi connectivity index (χ4n) is 6.03. The normalized spacial score (nSPS) is 25.8. The van der Waals surface area contributed by atoms with Gasteiger partial charge in [0.15, 0.2) is 5.78 Å². The molecular weight excluding hydrogens is 402 g/mol. The zero-order chi connectivity index (χ0) is 22.1. The summed E-state index contributed by atoms with van der Waals surface area (Å²) in [6.45, 7) is 0.156. The van der Waals surface area contributed by atoms with Crippen LogP contribution in [0.15, 0.2) is 54.6 Å². The van der Waals surface area contributed by atoms with E-state index in [0.29, 0.717) is 23.6 Å². The number of amides is 1. The van der Waals surface area contributed by atoms with Crippen LogP contribution in [-0.2, 0) is 16.1 Å². The van der Waals surface area contributed by atoms with Crippen molar-refractivity contribution < 1.29 is 19.1 Å². The number of anilines is 1. The minimum absolute atomic E-state index is 0.00632. The van der Waals surface area contributed by atoms with Gasteiger partial charge >= 0.3 is 6.09 Å². The highest BCUT2D eigenvalue weighted by atomic mass is 16.6. The summed E-state index contributed by atoms with van der Waals surface area (Å²) in [5.74, 6) is 0.273. The van der Waals surface area contributed by atoms with E-state index in [0.717, 1.165) is 31.2 Å². The number of para-hydroxylation sites is 1. The molecule has 0 saturated heterocycles. The first-order valence-electron chi connectivity index (χ1n) is 11.8. The van der Waals surface area contributed by atoms with Crippen LogP contribution in [0.2, 0.25) is 0 Å². The van der Waals surface area contributed by atoms with Gasteiger partial charge in [0.25, 0.3) is 0 Å². The molecule has 1 heterocycles. The third-order valence-corrected chi connectivity index (χ3v) is 7.50. The predicted octanol–water partition coefficient (Wildman–Crippen LogP) is 5.57. The molecule has 3 atom stereocenters. The summed E-state index contributed by atoms with van der Waals surface area (Å²) < 4.78 is 5.69. The Labute approximate surface area is 188 Å². The number of nitrogens with zero attached hydrogens (tertiary/aromatic N) is 1. The van der Waals surface area contributed by atoms with Crippen LogP contribution in [0.4, 0.5) is 10.5 Å². The first kappa shape index (κ1) is 20.9. The van der Waals surface area contributed by atoms with Crippen molar-refractivity contribution in [1.82, 2.24) is 0 Å². The standard InChI is InChI=1S/C27H29NO4/c29-20-15-22(19-11-5-2-6-12-19)25-24(16-20)28(23-14-8-7-13-21(23)26(25)30)27(31)32-17-18-9-3-1-4-10-18/h1,3-4,7-10,13-14,19,22,24-25H,2,5-6,11-12,15-17H2/t22-,24-,25+/m0/s1. The van der Waals surface area contributed by atoms with Crippen LogP contribution in [0.1, 0.15) is 60.9 Å². The lowest BCUT2D eigenvalue weighted by Gasteiger charge is -2.48. The SMILES string of the molecule is O=C1C[C@@H](C2CCCCC2)[C@H]2C(=O)c3ccccc3N(C(=O)OCc3ccccc3)[C@H]2C1. The van der Waals surface area contributed by atoms with Crippen molar-refractivity contribution in [2.24, 2.45) is 17.8 Å². The number of rotatable bonds is 3. The van der Waals surface area contributed by atoms with Gasteiger partial charge in [0.05, 0.1) is 11.7 Å². The van der Waals surface area contributed by atoms with Crippen LogP contribution in [0, 0.1) is 17.8 Å². The predicted molar refractivity (Wildman–Crippen MR) is 121 cm³/mol. The topological polar surface area (TPSA) is 63.7 Å². The number of ketones is 2. The van der Waals surface area contributed by atoms with Gasteiger partial charge in [0, 0.05) is 24.3 Å². The molecule has 5 nitrogen and oxygen atoms in total. The molecule has 0 radical (unpaired) electrons. The Hall–Kier alpha value is -2.95. The van der Waals surface area contributed by atoms with E-state index in [9.17, 15) is 14.4 Å². The van der Waals surface area contributed by atoms with E-state index in [1.54, 1.807) is 17.0 Å². The van der Waals surface area contributed by atoms with Crippen molar-refractivity contribution in [1.29, 1.82) is 0 Å². The fraction of sp³-hybridized carbons (Fsp3) is 0.444. The average molecular weight is 432 g/mol. The van der Waals surface area contributed by atoms with Crippen molar-refractivity contribution in [3.63, 3.8) is 0 Å². The first-order valence-corrected chi connectivity index (χ1v) is 11.8. The molecule has 0 spiro atoms. The maximum Gasteiger partial charge on any atom is 0.414 e. The summed E-state index contributed by atoms with van der Waals surface area (Å²) in [5.41, 5.74) is 2.04.